The van der Waals surface area contributed by atoms with Crippen LogP contribution in [0.15, 0.2) is 48.5 Å². The molecule has 2 rings (SSSR count). The maximum atomic E-state index is 11.9. The van der Waals surface area contributed by atoms with Gasteiger partial charge < -0.3 is 10.1 Å². The highest BCUT2D eigenvalue weighted by molar-refractivity contribution is 5.78. The Morgan fingerprint density at radius 2 is 1.96 bits per heavy atom. The minimum atomic E-state index is -0.521. The van der Waals surface area contributed by atoms with E-state index in [0.29, 0.717) is 0 Å². The van der Waals surface area contributed by atoms with Gasteiger partial charge in [0.15, 0.2) is 12.4 Å². The largest absolute Gasteiger partial charge is 0.477 e. The highest BCUT2D eigenvalue weighted by Crippen LogP contribution is 2.27. The molecular formula is C17H18N2O4. The Balaban J connectivity index is 1.96. The van der Waals surface area contributed by atoms with Gasteiger partial charge in [0.2, 0.25) is 0 Å². The first-order valence-corrected chi connectivity index (χ1v) is 7.19. The van der Waals surface area contributed by atoms with E-state index in [0.717, 1.165) is 11.1 Å². The van der Waals surface area contributed by atoms with Gasteiger partial charge in [-0.05, 0) is 31.0 Å². The van der Waals surface area contributed by atoms with Gasteiger partial charge in [-0.15, -0.1) is 0 Å². The van der Waals surface area contributed by atoms with Crippen molar-refractivity contribution in [1.82, 2.24) is 5.32 Å². The Labute approximate surface area is 134 Å². The van der Waals surface area contributed by atoms with Crippen LogP contribution in [-0.4, -0.2) is 17.4 Å². The van der Waals surface area contributed by atoms with E-state index < -0.39 is 4.92 Å². The number of rotatable bonds is 6. The van der Waals surface area contributed by atoms with Gasteiger partial charge in [-0.2, -0.15) is 0 Å². The lowest BCUT2D eigenvalue weighted by Gasteiger charge is -2.14. The second-order valence-electron chi connectivity index (χ2n) is 5.22. The third-order valence-electron chi connectivity index (χ3n) is 3.35. The molecule has 0 aliphatic rings. The monoisotopic (exact) mass is 314 g/mol. The van der Waals surface area contributed by atoms with Crippen LogP contribution in [0.25, 0.3) is 0 Å². The van der Waals surface area contributed by atoms with Crippen molar-refractivity contribution in [3.05, 3.63) is 69.8 Å². The molecular weight excluding hydrogens is 296 g/mol. The predicted octanol–water partition coefficient (Wildman–Crippen LogP) is 3.16. The third-order valence-corrected chi connectivity index (χ3v) is 3.35. The van der Waals surface area contributed by atoms with Crippen molar-refractivity contribution in [3.63, 3.8) is 0 Å². The van der Waals surface area contributed by atoms with Crippen molar-refractivity contribution in [2.24, 2.45) is 0 Å². The van der Waals surface area contributed by atoms with Crippen LogP contribution in [0.1, 0.15) is 24.1 Å². The number of ether oxygens (including phenoxy) is 1. The Morgan fingerprint density at radius 3 is 2.61 bits per heavy atom. The molecule has 0 spiro atoms. The number of hydrogen-bond donors (Lipinski definition) is 1. The molecule has 0 aliphatic carbocycles. The molecule has 1 atom stereocenters. The standard InChI is InChI=1S/C17H18N2O4/c1-12-8-9-16(15(10-12)19(21)22)23-11-17(20)18-13(2)14-6-4-3-5-7-14/h3-10,13H,11H2,1-2H3,(H,18,20)/t13-/m1/s1. The van der Waals surface area contributed by atoms with Crippen molar-refractivity contribution < 1.29 is 14.5 Å². The highest BCUT2D eigenvalue weighted by Gasteiger charge is 2.17. The zero-order valence-corrected chi connectivity index (χ0v) is 13.0. The number of carbonyl (C=O) groups is 1. The number of nitrogens with one attached hydrogen (secondary N) is 1. The summed E-state index contributed by atoms with van der Waals surface area (Å²) in [6.45, 7) is 3.34. The Morgan fingerprint density at radius 1 is 1.26 bits per heavy atom. The second kappa shape index (κ2) is 7.40. The van der Waals surface area contributed by atoms with Crippen LogP contribution < -0.4 is 10.1 Å². The molecule has 0 fully saturated rings. The van der Waals surface area contributed by atoms with Crippen LogP contribution in [0.5, 0.6) is 5.75 Å². The number of aryl methyl sites for hydroxylation is 1. The van der Waals surface area contributed by atoms with Gasteiger partial charge in [0.1, 0.15) is 0 Å². The zero-order chi connectivity index (χ0) is 16.8. The lowest BCUT2D eigenvalue weighted by Crippen LogP contribution is -2.31. The molecule has 0 heterocycles. The summed E-state index contributed by atoms with van der Waals surface area (Å²) in [7, 11) is 0. The molecule has 0 aliphatic heterocycles. The fraction of sp³-hybridized carbons (Fsp3) is 0.235. The van der Waals surface area contributed by atoms with E-state index in [9.17, 15) is 14.9 Å². The first-order valence-electron chi connectivity index (χ1n) is 7.19. The topological polar surface area (TPSA) is 81.5 Å². The molecule has 0 saturated heterocycles. The Kier molecular flexibility index (Phi) is 5.30. The fourth-order valence-corrected chi connectivity index (χ4v) is 2.14. The number of nitro benzene ring substituents is 1. The number of nitro groups is 1. The number of amides is 1. The van der Waals surface area contributed by atoms with Gasteiger partial charge in [-0.1, -0.05) is 36.4 Å². The van der Waals surface area contributed by atoms with Gasteiger partial charge >= 0.3 is 5.69 Å². The van der Waals surface area contributed by atoms with E-state index in [2.05, 4.69) is 5.32 Å². The fourth-order valence-electron chi connectivity index (χ4n) is 2.14. The predicted molar refractivity (Wildman–Crippen MR) is 86.3 cm³/mol. The van der Waals surface area contributed by atoms with Crippen LogP contribution in [0.2, 0.25) is 0 Å². The lowest BCUT2D eigenvalue weighted by molar-refractivity contribution is -0.385. The number of benzene rings is 2. The minimum Gasteiger partial charge on any atom is -0.477 e. The molecule has 1 N–H and O–H groups in total. The first-order chi connectivity index (χ1) is 11.0. The van der Waals surface area contributed by atoms with Gasteiger partial charge in [0.25, 0.3) is 5.91 Å². The van der Waals surface area contributed by atoms with Crippen LogP contribution in [0.4, 0.5) is 5.69 Å². The Bertz CT molecular complexity index is 701. The number of hydrogen-bond acceptors (Lipinski definition) is 4. The maximum absolute atomic E-state index is 11.9. The summed E-state index contributed by atoms with van der Waals surface area (Å²) >= 11 is 0. The molecule has 1 amide bonds. The summed E-state index contributed by atoms with van der Waals surface area (Å²) in [4.78, 5) is 22.4. The average molecular weight is 314 g/mol. The molecule has 2 aromatic carbocycles. The summed E-state index contributed by atoms with van der Waals surface area (Å²) in [5.74, 6) is -0.251. The quantitative estimate of drug-likeness (QED) is 0.656. The van der Waals surface area contributed by atoms with Crippen molar-refractivity contribution in [2.45, 2.75) is 19.9 Å². The van der Waals surface area contributed by atoms with Gasteiger partial charge in [0, 0.05) is 6.07 Å². The summed E-state index contributed by atoms with van der Waals surface area (Å²) in [6.07, 6.45) is 0. The highest BCUT2D eigenvalue weighted by atomic mass is 16.6. The molecule has 23 heavy (non-hydrogen) atoms. The van der Waals surface area contributed by atoms with E-state index in [1.165, 1.54) is 12.1 Å². The normalized spacial score (nSPS) is 11.6. The maximum Gasteiger partial charge on any atom is 0.311 e. The molecule has 120 valence electrons. The van der Waals surface area contributed by atoms with E-state index in [4.69, 9.17) is 4.74 Å². The SMILES string of the molecule is Cc1ccc(OCC(=O)N[C@H](C)c2ccccc2)c([N+](=O)[O-])c1. The summed E-state index contributed by atoms with van der Waals surface area (Å²) in [6, 6.07) is 14.0. The van der Waals surface area contributed by atoms with Gasteiger partial charge in [-0.3, -0.25) is 14.9 Å². The van der Waals surface area contributed by atoms with Crippen LogP contribution in [0, 0.1) is 17.0 Å². The molecule has 6 heteroatoms. The van der Waals surface area contributed by atoms with E-state index in [1.54, 1.807) is 13.0 Å². The smallest absolute Gasteiger partial charge is 0.311 e. The second-order valence-corrected chi connectivity index (χ2v) is 5.22. The lowest BCUT2D eigenvalue weighted by atomic mass is 10.1. The molecule has 0 bridgehead atoms. The Hall–Kier alpha value is -2.89. The minimum absolute atomic E-state index is 0.0862. The van der Waals surface area contributed by atoms with E-state index in [-0.39, 0.29) is 30.0 Å². The van der Waals surface area contributed by atoms with Crippen LogP contribution in [-0.2, 0) is 4.79 Å². The molecule has 0 unspecified atom stereocenters. The first kappa shape index (κ1) is 16.5. The molecule has 0 radical (unpaired) electrons. The molecule has 0 saturated carbocycles. The number of nitrogens with zero attached hydrogens (tertiary/aromatic N) is 1. The third kappa shape index (κ3) is 4.54. The summed E-state index contributed by atoms with van der Waals surface area (Å²) in [5.41, 5.74) is 1.59. The van der Waals surface area contributed by atoms with E-state index in [1.807, 2.05) is 37.3 Å². The summed E-state index contributed by atoms with van der Waals surface area (Å²) < 4.78 is 5.30. The van der Waals surface area contributed by atoms with Crippen LogP contribution >= 0.6 is 0 Å². The van der Waals surface area contributed by atoms with Crippen molar-refractivity contribution >= 4 is 11.6 Å². The zero-order valence-electron chi connectivity index (χ0n) is 13.0. The van der Waals surface area contributed by atoms with Crippen molar-refractivity contribution in [1.29, 1.82) is 0 Å². The molecule has 6 nitrogen and oxygen atoms in total. The average Bonchev–Trinajstić information content (AvgIpc) is 2.54. The number of carbonyl (C=O) groups excluding carboxylic acids is 1. The summed E-state index contributed by atoms with van der Waals surface area (Å²) in [5, 5.41) is 13.8. The van der Waals surface area contributed by atoms with E-state index >= 15 is 0 Å². The van der Waals surface area contributed by atoms with Crippen molar-refractivity contribution in [3.8, 4) is 5.75 Å². The van der Waals surface area contributed by atoms with Crippen molar-refractivity contribution in [2.75, 3.05) is 6.61 Å². The van der Waals surface area contributed by atoms with Gasteiger partial charge in [0.05, 0.1) is 11.0 Å². The van der Waals surface area contributed by atoms with Crippen LogP contribution in [0.3, 0.4) is 0 Å². The molecule has 0 aromatic heterocycles. The molecule has 2 aromatic rings. The van der Waals surface area contributed by atoms with Gasteiger partial charge in [-0.25, -0.2) is 0 Å².